The maximum atomic E-state index is 12.8. The molecule has 0 aromatic rings. The quantitative estimate of drug-likeness (QED) is 0.732. The molecule has 3 aliphatic carbocycles. The van der Waals surface area contributed by atoms with Crippen molar-refractivity contribution in [2.24, 2.45) is 35.5 Å². The Morgan fingerprint density at radius 1 is 0.571 bits per heavy atom. The molecule has 6 unspecified atom stereocenters. The molecular formula is C24H42N2O2. The molecule has 0 aromatic carbocycles. The van der Waals surface area contributed by atoms with Gasteiger partial charge in [-0.3, -0.25) is 9.59 Å². The average Bonchev–Trinajstić information content (AvgIpc) is 2.69. The summed E-state index contributed by atoms with van der Waals surface area (Å²) in [6.45, 7) is 9.17. The fourth-order valence-corrected chi connectivity index (χ4v) is 5.79. The fourth-order valence-electron chi connectivity index (χ4n) is 5.79. The third kappa shape index (κ3) is 5.10. The molecule has 6 atom stereocenters. The summed E-state index contributed by atoms with van der Waals surface area (Å²) in [6.07, 6.45) is 10.7. The first-order valence-electron chi connectivity index (χ1n) is 12.0. The smallest absolute Gasteiger partial charge is 0.223 e. The third-order valence-corrected chi connectivity index (χ3v) is 8.54. The van der Waals surface area contributed by atoms with Gasteiger partial charge in [0.1, 0.15) is 0 Å². The van der Waals surface area contributed by atoms with Gasteiger partial charge in [-0.2, -0.15) is 0 Å². The van der Waals surface area contributed by atoms with Gasteiger partial charge in [-0.25, -0.2) is 0 Å². The molecule has 3 saturated carbocycles. The summed E-state index contributed by atoms with van der Waals surface area (Å²) < 4.78 is 0. The molecule has 0 aromatic heterocycles. The van der Waals surface area contributed by atoms with Gasteiger partial charge in [0.05, 0.1) is 0 Å². The van der Waals surface area contributed by atoms with Crippen molar-refractivity contribution >= 4 is 11.8 Å². The van der Waals surface area contributed by atoms with Gasteiger partial charge in [0.15, 0.2) is 0 Å². The van der Waals surface area contributed by atoms with Crippen molar-refractivity contribution in [3.05, 3.63) is 0 Å². The Morgan fingerprint density at radius 2 is 0.929 bits per heavy atom. The highest BCUT2D eigenvalue weighted by atomic mass is 16.2. The molecule has 0 aliphatic heterocycles. The van der Waals surface area contributed by atoms with E-state index in [0.29, 0.717) is 35.8 Å². The molecule has 28 heavy (non-hydrogen) atoms. The standard InChI is InChI=1S/C24H42N2O2/c1-15-7-5-9-21(17(15)3)25-23(27)19-11-13-20(14-12-19)24(28)26-22-10-6-8-16(2)18(22)4/h15-22H,5-14H2,1-4H3,(H,25,27)(H,26,28). The molecule has 0 heterocycles. The van der Waals surface area contributed by atoms with Gasteiger partial charge in [-0.1, -0.05) is 53.4 Å². The molecule has 4 nitrogen and oxygen atoms in total. The van der Waals surface area contributed by atoms with E-state index in [-0.39, 0.29) is 23.7 Å². The SMILES string of the molecule is CC1CCCC(NC(=O)C2CCC(C(=O)NC3CCCC(C)C3C)CC2)C1C. The summed E-state index contributed by atoms with van der Waals surface area (Å²) in [4.78, 5) is 25.6. The lowest BCUT2D eigenvalue weighted by atomic mass is 9.76. The average molecular weight is 391 g/mol. The van der Waals surface area contributed by atoms with Gasteiger partial charge in [0, 0.05) is 23.9 Å². The van der Waals surface area contributed by atoms with Gasteiger partial charge >= 0.3 is 0 Å². The first-order chi connectivity index (χ1) is 13.4. The minimum atomic E-state index is 0.0992. The number of carbonyl (C=O) groups is 2. The number of amides is 2. The molecule has 0 saturated heterocycles. The van der Waals surface area contributed by atoms with Crippen molar-refractivity contribution in [3.8, 4) is 0 Å². The number of hydrogen-bond acceptors (Lipinski definition) is 2. The molecule has 0 spiro atoms. The van der Waals surface area contributed by atoms with Crippen LogP contribution < -0.4 is 10.6 Å². The van der Waals surface area contributed by atoms with Crippen LogP contribution in [0.3, 0.4) is 0 Å². The van der Waals surface area contributed by atoms with Crippen LogP contribution >= 0.6 is 0 Å². The zero-order valence-electron chi connectivity index (χ0n) is 18.5. The predicted molar refractivity (Wildman–Crippen MR) is 114 cm³/mol. The number of hydrogen-bond donors (Lipinski definition) is 2. The highest BCUT2D eigenvalue weighted by molar-refractivity contribution is 5.81. The third-order valence-electron chi connectivity index (χ3n) is 8.54. The topological polar surface area (TPSA) is 58.2 Å². The molecule has 3 aliphatic rings. The molecule has 0 bridgehead atoms. The van der Waals surface area contributed by atoms with Crippen LogP contribution in [0, 0.1) is 35.5 Å². The van der Waals surface area contributed by atoms with Crippen LogP contribution in [0.2, 0.25) is 0 Å². The molecule has 2 amide bonds. The van der Waals surface area contributed by atoms with E-state index in [1.165, 1.54) is 25.7 Å². The van der Waals surface area contributed by atoms with Crippen molar-refractivity contribution in [2.75, 3.05) is 0 Å². The van der Waals surface area contributed by atoms with E-state index in [1.807, 2.05) is 0 Å². The van der Waals surface area contributed by atoms with E-state index in [0.717, 1.165) is 38.5 Å². The molecule has 160 valence electrons. The van der Waals surface area contributed by atoms with Gasteiger partial charge < -0.3 is 10.6 Å². The minimum Gasteiger partial charge on any atom is -0.353 e. The van der Waals surface area contributed by atoms with Crippen molar-refractivity contribution in [1.29, 1.82) is 0 Å². The highest BCUT2D eigenvalue weighted by Crippen LogP contribution is 2.33. The summed E-state index contributed by atoms with van der Waals surface area (Å²) >= 11 is 0. The van der Waals surface area contributed by atoms with Crippen LogP contribution in [0.25, 0.3) is 0 Å². The van der Waals surface area contributed by atoms with Crippen molar-refractivity contribution < 1.29 is 9.59 Å². The van der Waals surface area contributed by atoms with E-state index >= 15 is 0 Å². The van der Waals surface area contributed by atoms with E-state index in [1.54, 1.807) is 0 Å². The lowest BCUT2D eigenvalue weighted by Gasteiger charge is -2.37. The summed E-state index contributed by atoms with van der Waals surface area (Å²) in [5.41, 5.74) is 0. The number of nitrogens with one attached hydrogen (secondary N) is 2. The second kappa shape index (κ2) is 9.63. The lowest BCUT2D eigenvalue weighted by molar-refractivity contribution is -0.132. The Kier molecular flexibility index (Phi) is 7.44. The molecule has 3 rings (SSSR count). The molecule has 3 fully saturated rings. The van der Waals surface area contributed by atoms with Gasteiger partial charge in [-0.15, -0.1) is 0 Å². The minimum absolute atomic E-state index is 0.0992. The Hall–Kier alpha value is -1.06. The van der Waals surface area contributed by atoms with Crippen molar-refractivity contribution in [1.82, 2.24) is 10.6 Å². The Balaban J connectivity index is 1.43. The Morgan fingerprint density at radius 3 is 1.29 bits per heavy atom. The highest BCUT2D eigenvalue weighted by Gasteiger charge is 2.35. The molecule has 2 N–H and O–H groups in total. The predicted octanol–water partition coefficient (Wildman–Crippen LogP) is 4.67. The summed E-state index contributed by atoms with van der Waals surface area (Å²) in [5.74, 6) is 3.20. The Bertz CT molecular complexity index is 493. The maximum absolute atomic E-state index is 12.8. The van der Waals surface area contributed by atoms with Crippen LogP contribution in [0.4, 0.5) is 0 Å². The second-order valence-electron chi connectivity index (χ2n) is 10.3. The summed E-state index contributed by atoms with van der Waals surface area (Å²) in [5, 5.41) is 6.70. The van der Waals surface area contributed by atoms with E-state index in [2.05, 4.69) is 38.3 Å². The fraction of sp³-hybridized carbons (Fsp3) is 0.917. The first kappa shape index (κ1) is 21.6. The zero-order chi connectivity index (χ0) is 20.3. The van der Waals surface area contributed by atoms with Crippen molar-refractivity contribution in [2.45, 2.75) is 104 Å². The van der Waals surface area contributed by atoms with Crippen LogP contribution in [0.15, 0.2) is 0 Å². The molecule has 0 radical (unpaired) electrons. The zero-order valence-corrected chi connectivity index (χ0v) is 18.5. The Labute approximate surface area is 172 Å². The first-order valence-corrected chi connectivity index (χ1v) is 12.0. The van der Waals surface area contributed by atoms with E-state index < -0.39 is 0 Å². The van der Waals surface area contributed by atoms with E-state index in [4.69, 9.17) is 0 Å². The van der Waals surface area contributed by atoms with Crippen LogP contribution in [0.5, 0.6) is 0 Å². The molecule has 4 heteroatoms. The number of carbonyl (C=O) groups excluding carboxylic acids is 2. The van der Waals surface area contributed by atoms with Gasteiger partial charge in [0.25, 0.3) is 0 Å². The lowest BCUT2D eigenvalue weighted by Crippen LogP contribution is -2.48. The summed E-state index contributed by atoms with van der Waals surface area (Å²) in [6, 6.07) is 0.680. The van der Waals surface area contributed by atoms with Crippen LogP contribution in [0.1, 0.15) is 91.9 Å². The van der Waals surface area contributed by atoms with Crippen molar-refractivity contribution in [3.63, 3.8) is 0 Å². The molecular weight excluding hydrogens is 348 g/mol. The van der Waals surface area contributed by atoms with Crippen LogP contribution in [-0.2, 0) is 9.59 Å². The van der Waals surface area contributed by atoms with Crippen LogP contribution in [-0.4, -0.2) is 23.9 Å². The normalized spacial score (nSPS) is 41.9. The maximum Gasteiger partial charge on any atom is 0.223 e. The van der Waals surface area contributed by atoms with E-state index in [9.17, 15) is 9.59 Å². The summed E-state index contributed by atoms with van der Waals surface area (Å²) in [7, 11) is 0. The number of rotatable bonds is 4. The monoisotopic (exact) mass is 390 g/mol. The largest absolute Gasteiger partial charge is 0.353 e. The second-order valence-corrected chi connectivity index (χ2v) is 10.3. The van der Waals surface area contributed by atoms with Gasteiger partial charge in [0.2, 0.25) is 11.8 Å². The van der Waals surface area contributed by atoms with Gasteiger partial charge in [-0.05, 0) is 62.2 Å².